The van der Waals surface area contributed by atoms with Crippen LogP contribution in [0.4, 0.5) is 0 Å². The predicted molar refractivity (Wildman–Crippen MR) is 131 cm³/mol. The Balaban J connectivity index is 1.45. The highest BCUT2D eigenvalue weighted by Gasteiger charge is 2.26. The zero-order chi connectivity index (χ0) is 23.7. The van der Waals surface area contributed by atoms with Gasteiger partial charge in [0, 0.05) is 36.6 Å². The van der Waals surface area contributed by atoms with E-state index in [0.717, 1.165) is 59.0 Å². The van der Waals surface area contributed by atoms with Crippen LogP contribution in [0.2, 0.25) is 0 Å². The number of carbonyl (C=O) groups excluding carboxylic acids is 1. The van der Waals surface area contributed by atoms with Crippen molar-refractivity contribution in [1.29, 1.82) is 0 Å². The topological polar surface area (TPSA) is 92.9 Å². The van der Waals surface area contributed by atoms with Crippen LogP contribution in [0.1, 0.15) is 52.7 Å². The van der Waals surface area contributed by atoms with Crippen molar-refractivity contribution >= 4 is 16.8 Å². The number of hydrogen-bond donors (Lipinski definition) is 2. The molecule has 0 aliphatic heterocycles. The van der Waals surface area contributed by atoms with E-state index in [2.05, 4.69) is 33.4 Å². The van der Waals surface area contributed by atoms with Crippen LogP contribution in [0, 0.1) is 6.92 Å². The largest absolute Gasteiger partial charge is 0.391 e. The number of hydrogen-bond acceptors (Lipinski definition) is 5. The number of rotatable bonds is 5. The molecule has 0 spiro atoms. The van der Waals surface area contributed by atoms with Crippen LogP contribution in [0.25, 0.3) is 22.2 Å². The van der Waals surface area contributed by atoms with Gasteiger partial charge in [-0.25, -0.2) is 0 Å². The van der Waals surface area contributed by atoms with E-state index in [-0.39, 0.29) is 11.9 Å². The zero-order valence-corrected chi connectivity index (χ0v) is 19.5. The molecular weight excluding hydrogens is 426 g/mol. The van der Waals surface area contributed by atoms with Gasteiger partial charge in [0.05, 0.1) is 35.1 Å². The maximum absolute atomic E-state index is 13.3. The number of aromatic nitrogens is 4. The summed E-state index contributed by atoms with van der Waals surface area (Å²) >= 11 is 0. The molecule has 0 saturated heterocycles. The number of aliphatic hydroxyl groups is 1. The summed E-state index contributed by atoms with van der Waals surface area (Å²) in [5.74, 6) is -0.180. The van der Waals surface area contributed by atoms with E-state index >= 15 is 0 Å². The van der Waals surface area contributed by atoms with Gasteiger partial charge in [0.2, 0.25) is 0 Å². The number of carbonyl (C=O) groups is 1. The van der Waals surface area contributed by atoms with Crippen molar-refractivity contribution in [2.45, 2.75) is 51.2 Å². The molecule has 1 aromatic carbocycles. The summed E-state index contributed by atoms with van der Waals surface area (Å²) in [6, 6.07) is 9.72. The van der Waals surface area contributed by atoms with Gasteiger partial charge >= 0.3 is 0 Å². The average molecular weight is 456 g/mol. The van der Waals surface area contributed by atoms with Crippen LogP contribution < -0.4 is 5.32 Å². The van der Waals surface area contributed by atoms with E-state index < -0.39 is 6.10 Å². The van der Waals surface area contributed by atoms with E-state index in [1.54, 1.807) is 17.1 Å². The molecule has 1 fully saturated rings. The Morgan fingerprint density at radius 3 is 2.76 bits per heavy atom. The molecule has 1 aliphatic carbocycles. The summed E-state index contributed by atoms with van der Waals surface area (Å²) in [7, 11) is 1.89. The van der Waals surface area contributed by atoms with Gasteiger partial charge in [-0.05, 0) is 61.1 Å². The number of nitrogens with one attached hydrogen (secondary N) is 1. The molecule has 0 radical (unpaired) electrons. The fourth-order valence-corrected chi connectivity index (χ4v) is 4.80. The number of nitrogens with zero attached hydrogens (tertiary/aromatic N) is 4. The van der Waals surface area contributed by atoms with Gasteiger partial charge in [0.15, 0.2) is 0 Å². The summed E-state index contributed by atoms with van der Waals surface area (Å²) in [5.41, 5.74) is 6.33. The molecule has 1 amide bonds. The Hall–Kier alpha value is -3.58. The maximum Gasteiger partial charge on any atom is 0.253 e. The normalized spacial score (nSPS) is 18.2. The van der Waals surface area contributed by atoms with Crippen LogP contribution in [-0.2, 0) is 13.5 Å². The minimum atomic E-state index is -0.494. The molecule has 174 valence electrons. The van der Waals surface area contributed by atoms with Gasteiger partial charge in [-0.2, -0.15) is 5.10 Å². The Labute approximate surface area is 198 Å². The first-order valence-electron chi connectivity index (χ1n) is 11.8. The van der Waals surface area contributed by atoms with E-state index in [1.165, 1.54) is 0 Å². The summed E-state index contributed by atoms with van der Waals surface area (Å²) < 4.78 is 1.76. The first kappa shape index (κ1) is 22.2. The highest BCUT2D eigenvalue weighted by atomic mass is 16.3. The zero-order valence-electron chi connectivity index (χ0n) is 19.5. The molecule has 0 bridgehead atoms. The second-order valence-corrected chi connectivity index (χ2v) is 9.17. The summed E-state index contributed by atoms with van der Waals surface area (Å²) in [5, 5.41) is 18.6. The van der Waals surface area contributed by atoms with Gasteiger partial charge in [-0.15, -0.1) is 0 Å². The van der Waals surface area contributed by atoms with Crippen molar-refractivity contribution in [3.63, 3.8) is 0 Å². The molecule has 2 atom stereocenters. The van der Waals surface area contributed by atoms with Crippen molar-refractivity contribution in [3.05, 3.63) is 77.4 Å². The maximum atomic E-state index is 13.3. The minimum absolute atomic E-state index is 0.180. The van der Waals surface area contributed by atoms with Gasteiger partial charge in [-0.3, -0.25) is 19.4 Å². The number of aryl methyl sites for hydroxylation is 2. The first-order valence-corrected chi connectivity index (χ1v) is 11.8. The molecule has 2 N–H and O–H groups in total. The molecule has 4 aromatic rings. The standard InChI is InChI=1S/C27H29N5O2/c1-17-19(12-18-9-10-23(29-14-18)20-15-30-32(2)16-20)13-22(26-21(17)6-5-11-28-26)27(34)31-24-7-3-4-8-25(24)33/h5-6,9-11,13-16,24-25,33H,3-4,7-8,12H2,1-2H3,(H,31,34)/t24-,25-/m0/s1. The number of aliphatic hydroxyl groups excluding tert-OH is 1. The number of benzene rings is 1. The number of amides is 1. The molecule has 3 aromatic heterocycles. The van der Waals surface area contributed by atoms with Gasteiger partial charge < -0.3 is 10.4 Å². The molecule has 1 saturated carbocycles. The molecule has 7 heteroatoms. The van der Waals surface area contributed by atoms with Crippen LogP contribution in [0.15, 0.2) is 55.1 Å². The number of pyridine rings is 2. The predicted octanol–water partition coefficient (Wildman–Crippen LogP) is 3.96. The Morgan fingerprint density at radius 1 is 1.18 bits per heavy atom. The summed E-state index contributed by atoms with van der Waals surface area (Å²) in [6.07, 6.45) is 11.0. The lowest BCUT2D eigenvalue weighted by atomic mass is 9.91. The molecule has 5 rings (SSSR count). The average Bonchev–Trinajstić information content (AvgIpc) is 3.29. The monoisotopic (exact) mass is 455 g/mol. The second-order valence-electron chi connectivity index (χ2n) is 9.17. The lowest BCUT2D eigenvalue weighted by Gasteiger charge is -2.28. The minimum Gasteiger partial charge on any atom is -0.391 e. The van der Waals surface area contributed by atoms with Crippen molar-refractivity contribution in [2.24, 2.45) is 7.05 Å². The summed E-state index contributed by atoms with van der Waals surface area (Å²) in [4.78, 5) is 22.5. The smallest absolute Gasteiger partial charge is 0.253 e. The molecule has 34 heavy (non-hydrogen) atoms. The van der Waals surface area contributed by atoms with E-state index in [1.807, 2.05) is 43.7 Å². The molecule has 7 nitrogen and oxygen atoms in total. The highest BCUT2D eigenvalue weighted by molar-refractivity contribution is 6.06. The van der Waals surface area contributed by atoms with E-state index in [9.17, 15) is 9.90 Å². The highest BCUT2D eigenvalue weighted by Crippen LogP contribution is 2.27. The van der Waals surface area contributed by atoms with Crippen LogP contribution in [-0.4, -0.2) is 42.9 Å². The van der Waals surface area contributed by atoms with Crippen LogP contribution in [0.5, 0.6) is 0 Å². The molecule has 1 aliphatic rings. The quantitative estimate of drug-likeness (QED) is 0.475. The third-order valence-electron chi connectivity index (χ3n) is 6.78. The molecular formula is C27H29N5O2. The fourth-order valence-electron chi connectivity index (χ4n) is 4.80. The van der Waals surface area contributed by atoms with Crippen molar-refractivity contribution in [3.8, 4) is 11.3 Å². The second kappa shape index (κ2) is 9.35. The van der Waals surface area contributed by atoms with Crippen molar-refractivity contribution in [1.82, 2.24) is 25.1 Å². The van der Waals surface area contributed by atoms with E-state index in [4.69, 9.17) is 0 Å². The first-order chi connectivity index (χ1) is 16.5. The lowest BCUT2D eigenvalue weighted by Crippen LogP contribution is -2.45. The summed E-state index contributed by atoms with van der Waals surface area (Å²) in [6.45, 7) is 2.07. The third kappa shape index (κ3) is 4.43. The Bertz CT molecular complexity index is 1330. The van der Waals surface area contributed by atoms with Gasteiger partial charge in [0.1, 0.15) is 0 Å². The van der Waals surface area contributed by atoms with E-state index in [0.29, 0.717) is 17.5 Å². The Kier molecular flexibility index (Phi) is 6.11. The number of fused-ring (bicyclic) bond motifs is 1. The van der Waals surface area contributed by atoms with Crippen molar-refractivity contribution < 1.29 is 9.90 Å². The van der Waals surface area contributed by atoms with Gasteiger partial charge in [0.25, 0.3) is 5.91 Å². The lowest BCUT2D eigenvalue weighted by molar-refractivity contribution is 0.0718. The van der Waals surface area contributed by atoms with Crippen LogP contribution >= 0.6 is 0 Å². The fraction of sp³-hybridized carbons (Fsp3) is 0.333. The third-order valence-corrected chi connectivity index (χ3v) is 6.78. The molecule has 0 unspecified atom stereocenters. The van der Waals surface area contributed by atoms with Crippen molar-refractivity contribution in [2.75, 3.05) is 0 Å². The SMILES string of the molecule is Cc1c(Cc2ccc(-c3cnn(C)c3)nc2)cc(C(=O)N[C@H]2CCCC[C@@H]2O)c2ncccc12. The van der Waals surface area contributed by atoms with Crippen LogP contribution in [0.3, 0.4) is 0 Å². The Morgan fingerprint density at radius 2 is 2.03 bits per heavy atom. The molecule has 3 heterocycles. The van der Waals surface area contributed by atoms with Gasteiger partial charge in [-0.1, -0.05) is 25.0 Å².